The Kier molecular flexibility index (Phi) is 7.54. The van der Waals surface area contributed by atoms with Crippen molar-refractivity contribution in [2.75, 3.05) is 10.6 Å². The Morgan fingerprint density at radius 1 is 0.964 bits per heavy atom. The summed E-state index contributed by atoms with van der Waals surface area (Å²) >= 11 is 11.8. The number of nitrogens with one attached hydrogen (secondary N) is 3. The molecule has 0 aromatic heterocycles. The Balaban J connectivity index is 1.87. The van der Waals surface area contributed by atoms with E-state index in [1.165, 1.54) is 6.07 Å². The van der Waals surface area contributed by atoms with E-state index in [1.54, 1.807) is 44.2 Å². The highest BCUT2D eigenvalue weighted by molar-refractivity contribution is 6.39. The van der Waals surface area contributed by atoms with Crippen molar-refractivity contribution >= 4 is 58.0 Å². The molecule has 2 rings (SSSR count). The molecule has 0 fully saturated rings. The average Bonchev–Trinajstić information content (AvgIpc) is 2.63. The Bertz CT molecular complexity index is 945. The van der Waals surface area contributed by atoms with Gasteiger partial charge in [-0.15, -0.1) is 0 Å². The topological polar surface area (TPSA) is 99.7 Å². The van der Waals surface area contributed by atoms with Gasteiger partial charge in [-0.3, -0.25) is 14.4 Å². The second kappa shape index (κ2) is 9.87. The van der Waals surface area contributed by atoms with Gasteiger partial charge in [-0.25, -0.2) is 5.43 Å². The number of benzene rings is 2. The first kappa shape index (κ1) is 21.4. The van der Waals surface area contributed by atoms with Gasteiger partial charge < -0.3 is 10.6 Å². The van der Waals surface area contributed by atoms with E-state index in [2.05, 4.69) is 21.2 Å². The molecule has 0 spiro atoms. The molecule has 0 aliphatic heterocycles. The van der Waals surface area contributed by atoms with Gasteiger partial charge in [0.1, 0.15) is 0 Å². The van der Waals surface area contributed by atoms with Gasteiger partial charge >= 0.3 is 11.8 Å². The van der Waals surface area contributed by atoms with Crippen LogP contribution in [-0.2, 0) is 14.4 Å². The number of carbonyl (C=O) groups excluding carboxylic acids is 3. The van der Waals surface area contributed by atoms with Crippen molar-refractivity contribution in [3.63, 3.8) is 0 Å². The second-order valence-corrected chi connectivity index (χ2v) is 6.75. The number of hydrogen-bond donors (Lipinski definition) is 3. The highest BCUT2D eigenvalue weighted by atomic mass is 35.5. The fourth-order valence-electron chi connectivity index (χ4n) is 2.15. The molecule has 2 aromatic rings. The zero-order chi connectivity index (χ0) is 20.7. The molecule has 9 heteroatoms. The molecule has 0 bridgehead atoms. The van der Waals surface area contributed by atoms with Crippen LogP contribution in [0.25, 0.3) is 0 Å². The zero-order valence-corrected chi connectivity index (χ0v) is 16.7. The van der Waals surface area contributed by atoms with E-state index in [9.17, 15) is 14.4 Å². The minimum absolute atomic E-state index is 0.0986. The molecular weight excluding hydrogens is 403 g/mol. The monoisotopic (exact) mass is 420 g/mol. The lowest BCUT2D eigenvalue weighted by Crippen LogP contribution is -2.33. The molecule has 7 nitrogen and oxygen atoms in total. The lowest BCUT2D eigenvalue weighted by atomic mass is 10.2. The highest BCUT2D eigenvalue weighted by Crippen LogP contribution is 2.25. The fraction of sp³-hybridized carbons (Fsp3) is 0.158. The van der Waals surface area contributed by atoms with E-state index in [1.807, 2.05) is 6.07 Å². The molecular formula is C19H18Cl2N4O3. The second-order valence-electron chi connectivity index (χ2n) is 5.91. The summed E-state index contributed by atoms with van der Waals surface area (Å²) in [4.78, 5) is 35.8. The predicted molar refractivity (Wildman–Crippen MR) is 111 cm³/mol. The number of halogens is 2. The number of anilines is 2. The number of rotatable bonds is 5. The summed E-state index contributed by atoms with van der Waals surface area (Å²) in [6.45, 7) is 3.35. The maximum atomic E-state index is 12.0. The van der Waals surface area contributed by atoms with Crippen LogP contribution in [0, 0.1) is 6.92 Å². The van der Waals surface area contributed by atoms with Crippen molar-refractivity contribution in [1.82, 2.24) is 5.43 Å². The van der Waals surface area contributed by atoms with Gasteiger partial charge in [-0.05, 0) is 43.7 Å². The Morgan fingerprint density at radius 2 is 1.68 bits per heavy atom. The summed E-state index contributed by atoms with van der Waals surface area (Å²) in [5.74, 6) is -2.18. The predicted octanol–water partition coefficient (Wildman–Crippen LogP) is 3.76. The summed E-state index contributed by atoms with van der Waals surface area (Å²) in [5, 5.41) is 9.63. The van der Waals surface area contributed by atoms with E-state index in [-0.39, 0.29) is 12.3 Å². The molecule has 0 unspecified atom stereocenters. The summed E-state index contributed by atoms with van der Waals surface area (Å²) in [5.41, 5.74) is 4.19. The molecule has 2 aromatic carbocycles. The van der Waals surface area contributed by atoms with Gasteiger partial charge in [-0.1, -0.05) is 41.4 Å². The molecule has 0 aliphatic rings. The number of nitrogens with zero attached hydrogens (tertiary/aromatic N) is 1. The van der Waals surface area contributed by atoms with Crippen molar-refractivity contribution in [1.29, 1.82) is 0 Å². The van der Waals surface area contributed by atoms with Crippen LogP contribution < -0.4 is 16.1 Å². The summed E-state index contributed by atoms with van der Waals surface area (Å²) < 4.78 is 0. The Morgan fingerprint density at radius 3 is 2.36 bits per heavy atom. The van der Waals surface area contributed by atoms with E-state index >= 15 is 0 Å². The smallest absolute Gasteiger partial charge is 0.324 e. The summed E-state index contributed by atoms with van der Waals surface area (Å²) in [6, 6.07) is 11.7. The van der Waals surface area contributed by atoms with E-state index < -0.39 is 11.8 Å². The quantitative estimate of drug-likeness (QED) is 0.389. The lowest BCUT2D eigenvalue weighted by Gasteiger charge is -2.08. The maximum Gasteiger partial charge on any atom is 0.329 e. The maximum absolute atomic E-state index is 12.0. The number of hydrogen-bond acceptors (Lipinski definition) is 4. The molecule has 3 N–H and O–H groups in total. The van der Waals surface area contributed by atoms with Gasteiger partial charge in [0.15, 0.2) is 0 Å². The molecule has 28 heavy (non-hydrogen) atoms. The van der Waals surface area contributed by atoms with Crippen LogP contribution in [0.15, 0.2) is 47.6 Å². The first-order valence-electron chi connectivity index (χ1n) is 8.21. The van der Waals surface area contributed by atoms with Crippen LogP contribution in [0.2, 0.25) is 10.0 Å². The minimum atomic E-state index is -0.941. The van der Waals surface area contributed by atoms with Crippen LogP contribution >= 0.6 is 23.2 Å². The molecule has 0 aliphatic carbocycles. The van der Waals surface area contributed by atoms with Crippen molar-refractivity contribution in [3.05, 3.63) is 58.1 Å². The molecule has 146 valence electrons. The van der Waals surface area contributed by atoms with Crippen molar-refractivity contribution in [2.45, 2.75) is 20.3 Å². The van der Waals surface area contributed by atoms with Crippen LogP contribution in [-0.4, -0.2) is 23.4 Å². The molecule has 0 saturated carbocycles. The number of amides is 3. The summed E-state index contributed by atoms with van der Waals surface area (Å²) in [6.07, 6.45) is -0.0986. The molecule has 3 amide bonds. The van der Waals surface area contributed by atoms with Crippen LogP contribution in [0.5, 0.6) is 0 Å². The standard InChI is InChI=1S/C19H18Cl2N4O3/c1-11-5-3-4-6-15(11)23-18(27)19(28)25-24-12(2)9-17(26)22-16-8-7-13(20)10-14(16)21/h3-8,10H,9H2,1-2H3,(H,22,26)(H,23,27)(H,25,28). The number of aryl methyl sites for hydroxylation is 1. The van der Waals surface area contributed by atoms with Crippen molar-refractivity contribution < 1.29 is 14.4 Å². The molecule has 0 saturated heterocycles. The van der Waals surface area contributed by atoms with Gasteiger partial charge in [-0.2, -0.15) is 5.10 Å². The molecule has 0 atom stereocenters. The Hall–Kier alpha value is -2.90. The number of hydrazone groups is 1. The van der Waals surface area contributed by atoms with Gasteiger partial charge in [0.05, 0.1) is 17.1 Å². The van der Waals surface area contributed by atoms with Crippen LogP contribution in [0.1, 0.15) is 18.9 Å². The van der Waals surface area contributed by atoms with Crippen LogP contribution in [0.4, 0.5) is 11.4 Å². The third-order valence-corrected chi connectivity index (χ3v) is 4.12. The summed E-state index contributed by atoms with van der Waals surface area (Å²) in [7, 11) is 0. The zero-order valence-electron chi connectivity index (χ0n) is 15.2. The third-order valence-electron chi connectivity index (χ3n) is 3.57. The SMILES string of the molecule is CC(CC(=O)Nc1ccc(Cl)cc1Cl)=NNC(=O)C(=O)Nc1ccccc1C. The number of para-hydroxylation sites is 1. The van der Waals surface area contributed by atoms with E-state index in [4.69, 9.17) is 23.2 Å². The minimum Gasteiger partial charge on any atom is -0.324 e. The lowest BCUT2D eigenvalue weighted by molar-refractivity contribution is -0.136. The van der Waals surface area contributed by atoms with Gasteiger partial charge in [0.25, 0.3) is 0 Å². The molecule has 0 heterocycles. The first-order chi connectivity index (χ1) is 13.3. The van der Waals surface area contributed by atoms with E-state index in [0.717, 1.165) is 5.56 Å². The Labute approximate surface area is 172 Å². The van der Waals surface area contributed by atoms with Crippen LogP contribution in [0.3, 0.4) is 0 Å². The van der Waals surface area contributed by atoms with Crippen molar-refractivity contribution in [3.8, 4) is 0 Å². The number of carbonyl (C=O) groups is 3. The molecule has 0 radical (unpaired) electrons. The third kappa shape index (κ3) is 6.37. The highest BCUT2D eigenvalue weighted by Gasteiger charge is 2.14. The average molecular weight is 421 g/mol. The van der Waals surface area contributed by atoms with Crippen molar-refractivity contribution in [2.24, 2.45) is 5.10 Å². The first-order valence-corrected chi connectivity index (χ1v) is 8.97. The van der Waals surface area contributed by atoms with Gasteiger partial charge in [0, 0.05) is 16.4 Å². The largest absolute Gasteiger partial charge is 0.329 e. The fourth-order valence-corrected chi connectivity index (χ4v) is 2.60. The normalized spacial score (nSPS) is 10.9. The van der Waals surface area contributed by atoms with E-state index in [0.29, 0.717) is 27.1 Å². The van der Waals surface area contributed by atoms with Gasteiger partial charge in [0.2, 0.25) is 5.91 Å².